The Morgan fingerprint density at radius 2 is 1.91 bits per heavy atom. The number of carbonyl (C=O) groups excluding carboxylic acids is 2. The van der Waals surface area contributed by atoms with Crippen LogP contribution in [-0.2, 0) is 17.8 Å². The molecule has 0 fully saturated rings. The summed E-state index contributed by atoms with van der Waals surface area (Å²) in [6.45, 7) is 2.46. The monoisotopic (exact) mass is 332 g/mol. The first-order valence-corrected chi connectivity index (χ1v) is 8.15. The van der Waals surface area contributed by atoms with E-state index < -0.39 is 0 Å². The molecule has 2 amide bonds. The zero-order valence-electron chi connectivity index (χ0n) is 13.2. The van der Waals surface area contributed by atoms with E-state index >= 15 is 0 Å². The number of hydrogen-bond donors (Lipinski definition) is 2. The highest BCUT2D eigenvalue weighted by Gasteiger charge is 2.09. The van der Waals surface area contributed by atoms with Crippen LogP contribution in [0.2, 0.25) is 0 Å². The second-order valence-corrected chi connectivity index (χ2v) is 6.16. The zero-order valence-corrected chi connectivity index (χ0v) is 14.0. The van der Waals surface area contributed by atoms with Gasteiger partial charge in [-0.2, -0.15) is 0 Å². The molecule has 0 aliphatic rings. The van der Waals surface area contributed by atoms with Crippen LogP contribution < -0.4 is 15.4 Å². The van der Waals surface area contributed by atoms with Gasteiger partial charge in [0.25, 0.3) is 5.91 Å². The molecule has 122 valence electrons. The number of amides is 2. The Hall–Kier alpha value is -2.34. The molecule has 2 rings (SSSR count). The van der Waals surface area contributed by atoms with E-state index in [0.29, 0.717) is 24.4 Å². The van der Waals surface area contributed by atoms with Crippen LogP contribution in [0.5, 0.6) is 5.75 Å². The van der Waals surface area contributed by atoms with E-state index in [1.54, 1.807) is 13.2 Å². The number of thiophene rings is 1. The van der Waals surface area contributed by atoms with Crippen molar-refractivity contribution in [2.45, 2.75) is 19.9 Å². The van der Waals surface area contributed by atoms with Crippen molar-refractivity contribution < 1.29 is 14.3 Å². The quantitative estimate of drug-likeness (QED) is 0.818. The van der Waals surface area contributed by atoms with Gasteiger partial charge in [0.05, 0.1) is 18.5 Å². The van der Waals surface area contributed by atoms with Crippen LogP contribution in [0.3, 0.4) is 0 Å². The molecule has 1 heterocycles. The highest BCUT2D eigenvalue weighted by atomic mass is 32.1. The largest absolute Gasteiger partial charge is 0.496 e. The fourth-order valence-corrected chi connectivity index (χ4v) is 2.98. The summed E-state index contributed by atoms with van der Waals surface area (Å²) in [5.74, 6) is 0.649. The minimum atomic E-state index is -0.0982. The number of methoxy groups -OCH3 is 1. The Labute approximate surface area is 139 Å². The molecule has 0 saturated carbocycles. The van der Waals surface area contributed by atoms with Crippen molar-refractivity contribution in [3.8, 4) is 5.75 Å². The Kier molecular flexibility index (Phi) is 6.17. The molecular weight excluding hydrogens is 312 g/mol. The third kappa shape index (κ3) is 5.10. The molecule has 0 spiro atoms. The molecule has 1 aromatic heterocycles. The lowest BCUT2D eigenvalue weighted by Gasteiger charge is -2.08. The third-order valence-corrected chi connectivity index (χ3v) is 4.35. The van der Waals surface area contributed by atoms with Crippen molar-refractivity contribution >= 4 is 23.2 Å². The number of benzene rings is 1. The second kappa shape index (κ2) is 8.33. The van der Waals surface area contributed by atoms with E-state index in [0.717, 1.165) is 16.2 Å². The first kappa shape index (κ1) is 17.0. The van der Waals surface area contributed by atoms with E-state index in [4.69, 9.17) is 4.74 Å². The van der Waals surface area contributed by atoms with Gasteiger partial charge in [-0.15, -0.1) is 11.3 Å². The van der Waals surface area contributed by atoms with Crippen LogP contribution in [0.25, 0.3) is 0 Å². The molecule has 0 aliphatic heterocycles. The third-order valence-electron chi connectivity index (χ3n) is 3.27. The molecule has 0 unspecified atom stereocenters. The van der Waals surface area contributed by atoms with Gasteiger partial charge in [0.2, 0.25) is 5.91 Å². The predicted octanol–water partition coefficient (Wildman–Crippen LogP) is 2.37. The number of carbonyl (C=O) groups is 2. The fraction of sp³-hybridized carbons (Fsp3) is 0.294. The van der Waals surface area contributed by atoms with Crippen LogP contribution in [-0.4, -0.2) is 25.5 Å². The first-order chi connectivity index (χ1) is 11.1. The van der Waals surface area contributed by atoms with Gasteiger partial charge in [-0.05, 0) is 30.2 Å². The summed E-state index contributed by atoms with van der Waals surface area (Å²) >= 11 is 1.39. The number of hydrogen-bond acceptors (Lipinski definition) is 4. The Bertz CT molecular complexity index is 682. The molecule has 0 radical (unpaired) electrons. The summed E-state index contributed by atoms with van der Waals surface area (Å²) in [6.07, 6.45) is 0.708. The van der Waals surface area contributed by atoms with Crippen LogP contribution in [0, 0.1) is 0 Å². The van der Waals surface area contributed by atoms with Crippen LogP contribution in [0.15, 0.2) is 36.4 Å². The van der Waals surface area contributed by atoms with Crippen molar-refractivity contribution in [1.82, 2.24) is 10.6 Å². The van der Waals surface area contributed by atoms with Crippen LogP contribution >= 0.6 is 11.3 Å². The standard InChI is InChI=1S/C17H20N2O3S/c1-12(20)19-11-14-7-8-16(23-14)17(21)18-10-9-13-5-3-4-6-15(13)22-2/h3-8H,9-11H2,1-2H3,(H,18,21)(H,19,20). The van der Waals surface area contributed by atoms with E-state index in [1.165, 1.54) is 18.3 Å². The number of rotatable bonds is 7. The maximum absolute atomic E-state index is 12.1. The zero-order chi connectivity index (χ0) is 16.7. The van der Waals surface area contributed by atoms with E-state index in [2.05, 4.69) is 10.6 Å². The number of para-hydroxylation sites is 1. The summed E-state index contributed by atoms with van der Waals surface area (Å²) in [4.78, 5) is 24.6. The average Bonchev–Trinajstić information content (AvgIpc) is 3.02. The minimum absolute atomic E-state index is 0.0822. The van der Waals surface area contributed by atoms with Crippen molar-refractivity contribution in [1.29, 1.82) is 0 Å². The molecule has 2 N–H and O–H groups in total. The minimum Gasteiger partial charge on any atom is -0.496 e. The molecular formula is C17H20N2O3S. The average molecular weight is 332 g/mol. The highest BCUT2D eigenvalue weighted by molar-refractivity contribution is 7.14. The number of nitrogens with one attached hydrogen (secondary N) is 2. The normalized spacial score (nSPS) is 10.2. The molecule has 23 heavy (non-hydrogen) atoms. The lowest BCUT2D eigenvalue weighted by Crippen LogP contribution is -2.25. The summed E-state index contributed by atoms with van der Waals surface area (Å²) < 4.78 is 5.29. The van der Waals surface area contributed by atoms with Crippen molar-refractivity contribution in [3.05, 3.63) is 51.7 Å². The summed E-state index contributed by atoms with van der Waals surface area (Å²) in [5.41, 5.74) is 1.06. The lowest BCUT2D eigenvalue weighted by atomic mass is 10.1. The number of ether oxygens (including phenoxy) is 1. The molecule has 0 bridgehead atoms. The smallest absolute Gasteiger partial charge is 0.261 e. The summed E-state index contributed by atoms with van der Waals surface area (Å²) in [5, 5.41) is 5.62. The topological polar surface area (TPSA) is 67.4 Å². The lowest BCUT2D eigenvalue weighted by molar-refractivity contribution is -0.119. The highest BCUT2D eigenvalue weighted by Crippen LogP contribution is 2.18. The summed E-state index contributed by atoms with van der Waals surface area (Å²) in [6, 6.07) is 11.4. The maximum atomic E-state index is 12.1. The Morgan fingerprint density at radius 3 is 2.65 bits per heavy atom. The van der Waals surface area contributed by atoms with Crippen molar-refractivity contribution in [3.63, 3.8) is 0 Å². The maximum Gasteiger partial charge on any atom is 0.261 e. The van der Waals surface area contributed by atoms with Crippen molar-refractivity contribution in [2.75, 3.05) is 13.7 Å². The van der Waals surface area contributed by atoms with Gasteiger partial charge < -0.3 is 15.4 Å². The van der Waals surface area contributed by atoms with E-state index in [9.17, 15) is 9.59 Å². The molecule has 2 aromatic rings. The first-order valence-electron chi connectivity index (χ1n) is 7.33. The molecule has 1 aromatic carbocycles. The van der Waals surface area contributed by atoms with Gasteiger partial charge in [0, 0.05) is 18.3 Å². The molecule has 6 heteroatoms. The van der Waals surface area contributed by atoms with Crippen LogP contribution in [0.4, 0.5) is 0 Å². The Balaban J connectivity index is 1.84. The van der Waals surface area contributed by atoms with Gasteiger partial charge in [-0.25, -0.2) is 0 Å². The fourth-order valence-electron chi connectivity index (χ4n) is 2.11. The van der Waals surface area contributed by atoms with Crippen LogP contribution in [0.1, 0.15) is 27.0 Å². The van der Waals surface area contributed by atoms with Gasteiger partial charge in [-0.1, -0.05) is 18.2 Å². The van der Waals surface area contributed by atoms with Gasteiger partial charge >= 0.3 is 0 Å². The molecule has 0 aliphatic carbocycles. The Morgan fingerprint density at radius 1 is 1.13 bits per heavy atom. The molecule has 0 saturated heterocycles. The summed E-state index contributed by atoms with van der Waals surface area (Å²) in [7, 11) is 1.64. The van der Waals surface area contributed by atoms with Gasteiger partial charge in [-0.3, -0.25) is 9.59 Å². The van der Waals surface area contributed by atoms with Crippen molar-refractivity contribution in [2.24, 2.45) is 0 Å². The van der Waals surface area contributed by atoms with E-state index in [-0.39, 0.29) is 11.8 Å². The SMILES string of the molecule is COc1ccccc1CCNC(=O)c1ccc(CNC(C)=O)s1. The molecule has 0 atom stereocenters. The predicted molar refractivity (Wildman–Crippen MR) is 90.9 cm³/mol. The van der Waals surface area contributed by atoms with Gasteiger partial charge in [0.1, 0.15) is 5.75 Å². The second-order valence-electron chi connectivity index (χ2n) is 4.99. The molecule has 5 nitrogen and oxygen atoms in total. The van der Waals surface area contributed by atoms with E-state index in [1.807, 2.05) is 30.3 Å². The van der Waals surface area contributed by atoms with Gasteiger partial charge in [0.15, 0.2) is 0 Å².